The van der Waals surface area contributed by atoms with Crippen molar-refractivity contribution in [2.24, 2.45) is 7.05 Å². The molecule has 6 nitrogen and oxygen atoms in total. The maximum absolute atomic E-state index is 12.9. The van der Waals surface area contributed by atoms with E-state index in [0.29, 0.717) is 5.69 Å². The van der Waals surface area contributed by atoms with Crippen molar-refractivity contribution in [3.63, 3.8) is 0 Å². The molecule has 2 aromatic heterocycles. The van der Waals surface area contributed by atoms with E-state index in [2.05, 4.69) is 14.8 Å². The Morgan fingerprint density at radius 1 is 1.17 bits per heavy atom. The fraction of sp³-hybridized carbons (Fsp3) is 0.125. The van der Waals surface area contributed by atoms with Gasteiger partial charge in [-0.2, -0.15) is 5.10 Å². The number of halogens is 1. The number of hydrogen-bond acceptors (Lipinski definition) is 4. The van der Waals surface area contributed by atoms with Gasteiger partial charge in [0, 0.05) is 13.2 Å². The van der Waals surface area contributed by atoms with E-state index in [1.54, 1.807) is 24.0 Å². The summed E-state index contributed by atoms with van der Waals surface area (Å²) in [6, 6.07) is 12.0. The van der Waals surface area contributed by atoms with E-state index < -0.39 is 15.8 Å². The molecule has 0 aliphatic rings. The standard InChI is InChI=1S/C16H15FN4O2S/c1-21-16(15-4-2-3-9-18-15)10-13(20-21)11-19-24(22,23)14-7-5-12(17)6-8-14/h2-10,19H,11H2,1H3. The van der Waals surface area contributed by atoms with Crippen LogP contribution < -0.4 is 4.72 Å². The quantitative estimate of drug-likeness (QED) is 0.767. The van der Waals surface area contributed by atoms with Gasteiger partial charge in [0.05, 0.1) is 28.5 Å². The van der Waals surface area contributed by atoms with Crippen LogP contribution in [0.25, 0.3) is 11.4 Å². The summed E-state index contributed by atoms with van der Waals surface area (Å²) in [6.07, 6.45) is 1.68. The maximum Gasteiger partial charge on any atom is 0.240 e. The molecule has 0 spiro atoms. The van der Waals surface area contributed by atoms with Gasteiger partial charge in [-0.05, 0) is 42.5 Å². The molecule has 0 atom stereocenters. The average Bonchev–Trinajstić information content (AvgIpc) is 2.95. The molecule has 0 bridgehead atoms. The van der Waals surface area contributed by atoms with E-state index >= 15 is 0 Å². The second kappa shape index (κ2) is 6.50. The summed E-state index contributed by atoms with van der Waals surface area (Å²) in [5.74, 6) is -0.487. The second-order valence-corrected chi connectivity index (χ2v) is 6.90. The predicted octanol–water partition coefficient (Wildman–Crippen LogP) is 2.10. The maximum atomic E-state index is 12.9. The van der Waals surface area contributed by atoms with Gasteiger partial charge >= 0.3 is 0 Å². The van der Waals surface area contributed by atoms with Crippen LogP contribution >= 0.6 is 0 Å². The number of sulfonamides is 1. The van der Waals surface area contributed by atoms with E-state index in [1.165, 1.54) is 12.1 Å². The van der Waals surface area contributed by atoms with Gasteiger partial charge in [0.2, 0.25) is 10.0 Å². The molecule has 0 saturated heterocycles. The van der Waals surface area contributed by atoms with E-state index in [0.717, 1.165) is 23.5 Å². The van der Waals surface area contributed by atoms with Gasteiger partial charge in [-0.1, -0.05) is 6.07 Å². The molecular formula is C16H15FN4O2S. The van der Waals surface area contributed by atoms with Crippen molar-refractivity contribution < 1.29 is 12.8 Å². The molecule has 0 aliphatic carbocycles. The highest BCUT2D eigenvalue weighted by Crippen LogP contribution is 2.17. The molecule has 0 unspecified atom stereocenters. The van der Waals surface area contributed by atoms with Crippen molar-refractivity contribution in [3.8, 4) is 11.4 Å². The molecule has 8 heteroatoms. The zero-order valence-electron chi connectivity index (χ0n) is 12.8. The molecule has 124 valence electrons. The van der Waals surface area contributed by atoms with E-state index in [4.69, 9.17) is 0 Å². The predicted molar refractivity (Wildman–Crippen MR) is 86.9 cm³/mol. The third-order valence-corrected chi connectivity index (χ3v) is 4.84. The van der Waals surface area contributed by atoms with Crippen molar-refractivity contribution in [2.45, 2.75) is 11.4 Å². The van der Waals surface area contributed by atoms with Crippen molar-refractivity contribution in [1.82, 2.24) is 19.5 Å². The van der Waals surface area contributed by atoms with Crippen LogP contribution in [0.2, 0.25) is 0 Å². The molecule has 3 aromatic rings. The number of hydrogen-bond donors (Lipinski definition) is 1. The van der Waals surface area contributed by atoms with Crippen LogP contribution in [0.4, 0.5) is 4.39 Å². The Kier molecular flexibility index (Phi) is 4.41. The van der Waals surface area contributed by atoms with Crippen molar-refractivity contribution in [1.29, 1.82) is 0 Å². The normalized spacial score (nSPS) is 11.6. The largest absolute Gasteiger partial charge is 0.266 e. The van der Waals surface area contributed by atoms with Crippen LogP contribution in [0.5, 0.6) is 0 Å². The van der Waals surface area contributed by atoms with Crippen LogP contribution in [0, 0.1) is 5.82 Å². The zero-order chi connectivity index (χ0) is 17.2. The fourth-order valence-corrected chi connectivity index (χ4v) is 3.23. The van der Waals surface area contributed by atoms with Crippen LogP contribution in [-0.4, -0.2) is 23.2 Å². The zero-order valence-corrected chi connectivity index (χ0v) is 13.7. The third kappa shape index (κ3) is 3.50. The number of aromatic nitrogens is 3. The van der Waals surface area contributed by atoms with Gasteiger partial charge < -0.3 is 0 Å². The highest BCUT2D eigenvalue weighted by atomic mass is 32.2. The molecule has 0 fully saturated rings. The fourth-order valence-electron chi connectivity index (χ4n) is 2.23. The Morgan fingerprint density at radius 3 is 2.58 bits per heavy atom. The minimum Gasteiger partial charge on any atom is -0.266 e. The summed E-state index contributed by atoms with van der Waals surface area (Å²) in [7, 11) is -1.96. The number of aryl methyl sites for hydroxylation is 1. The number of rotatable bonds is 5. The van der Waals surface area contributed by atoms with Gasteiger partial charge in [0.1, 0.15) is 5.82 Å². The smallest absolute Gasteiger partial charge is 0.240 e. The number of nitrogens with zero attached hydrogens (tertiary/aromatic N) is 3. The number of pyridine rings is 1. The Bertz CT molecular complexity index is 938. The van der Waals surface area contributed by atoms with Crippen LogP contribution in [0.3, 0.4) is 0 Å². The van der Waals surface area contributed by atoms with E-state index in [-0.39, 0.29) is 11.4 Å². The van der Waals surface area contributed by atoms with E-state index in [1.807, 2.05) is 18.2 Å². The Hall–Kier alpha value is -2.58. The van der Waals surface area contributed by atoms with Gasteiger partial charge in [-0.25, -0.2) is 17.5 Å². The summed E-state index contributed by atoms with van der Waals surface area (Å²) in [5, 5.41) is 4.29. The monoisotopic (exact) mass is 346 g/mol. The van der Waals surface area contributed by atoms with Crippen molar-refractivity contribution >= 4 is 10.0 Å². The van der Waals surface area contributed by atoms with E-state index in [9.17, 15) is 12.8 Å². The molecule has 3 rings (SSSR count). The molecule has 0 amide bonds. The SMILES string of the molecule is Cn1nc(CNS(=O)(=O)c2ccc(F)cc2)cc1-c1ccccn1. The Morgan fingerprint density at radius 2 is 1.92 bits per heavy atom. The lowest BCUT2D eigenvalue weighted by atomic mass is 10.2. The second-order valence-electron chi connectivity index (χ2n) is 5.14. The Balaban J connectivity index is 1.77. The lowest BCUT2D eigenvalue weighted by Crippen LogP contribution is -2.23. The van der Waals surface area contributed by atoms with Crippen LogP contribution in [-0.2, 0) is 23.6 Å². The lowest BCUT2D eigenvalue weighted by Gasteiger charge is -2.04. The summed E-state index contributed by atoms with van der Waals surface area (Å²) in [4.78, 5) is 4.26. The summed E-state index contributed by atoms with van der Waals surface area (Å²) < 4.78 is 41.4. The molecule has 1 aromatic carbocycles. The molecular weight excluding hydrogens is 331 g/mol. The minimum absolute atomic E-state index is 0.00443. The Labute approximate surface area is 139 Å². The summed E-state index contributed by atoms with van der Waals surface area (Å²) >= 11 is 0. The molecule has 24 heavy (non-hydrogen) atoms. The van der Waals surface area contributed by atoms with Gasteiger partial charge in [-0.3, -0.25) is 9.67 Å². The van der Waals surface area contributed by atoms with Gasteiger partial charge in [-0.15, -0.1) is 0 Å². The van der Waals surface area contributed by atoms with Gasteiger partial charge in [0.25, 0.3) is 0 Å². The highest BCUT2D eigenvalue weighted by molar-refractivity contribution is 7.89. The minimum atomic E-state index is -3.73. The molecule has 0 saturated carbocycles. The number of benzene rings is 1. The van der Waals surface area contributed by atoms with Crippen molar-refractivity contribution in [2.75, 3.05) is 0 Å². The first-order valence-electron chi connectivity index (χ1n) is 7.15. The number of nitrogens with one attached hydrogen (secondary N) is 1. The summed E-state index contributed by atoms with van der Waals surface area (Å²) in [5.41, 5.74) is 2.09. The van der Waals surface area contributed by atoms with Crippen LogP contribution in [0.15, 0.2) is 59.6 Å². The third-order valence-electron chi connectivity index (χ3n) is 3.42. The van der Waals surface area contributed by atoms with Crippen LogP contribution in [0.1, 0.15) is 5.69 Å². The first-order valence-corrected chi connectivity index (χ1v) is 8.63. The first-order chi connectivity index (χ1) is 11.5. The first kappa shape index (κ1) is 16.3. The molecule has 0 radical (unpaired) electrons. The highest BCUT2D eigenvalue weighted by Gasteiger charge is 2.15. The average molecular weight is 346 g/mol. The van der Waals surface area contributed by atoms with Gasteiger partial charge in [0.15, 0.2) is 0 Å². The van der Waals surface area contributed by atoms with Crippen molar-refractivity contribution in [3.05, 3.63) is 66.2 Å². The lowest BCUT2D eigenvalue weighted by molar-refractivity contribution is 0.578. The molecule has 2 heterocycles. The summed E-state index contributed by atoms with van der Waals surface area (Å²) in [6.45, 7) is 0.0282. The topological polar surface area (TPSA) is 76.9 Å². The molecule has 1 N–H and O–H groups in total. The molecule has 0 aliphatic heterocycles.